The van der Waals surface area contributed by atoms with Crippen LogP contribution in [0.2, 0.25) is 0 Å². The van der Waals surface area contributed by atoms with Crippen molar-refractivity contribution in [3.05, 3.63) is 23.8 Å². The second kappa shape index (κ2) is 8.25. The molecule has 0 spiro atoms. The Morgan fingerprint density at radius 1 is 1.00 bits per heavy atom. The summed E-state index contributed by atoms with van der Waals surface area (Å²) in [6, 6.07) is 0. The first-order valence-electron chi connectivity index (χ1n) is 13.1. The summed E-state index contributed by atoms with van der Waals surface area (Å²) >= 11 is 0. The topological polar surface area (TPSA) is 17.1 Å². The summed E-state index contributed by atoms with van der Waals surface area (Å²) in [5.74, 6) is 6.01. The van der Waals surface area contributed by atoms with Gasteiger partial charge in [-0.3, -0.25) is 4.79 Å². The molecule has 30 heavy (non-hydrogen) atoms. The molecule has 0 bridgehead atoms. The van der Waals surface area contributed by atoms with Gasteiger partial charge in [0.25, 0.3) is 0 Å². The zero-order chi connectivity index (χ0) is 21.7. The van der Waals surface area contributed by atoms with Crippen LogP contribution in [0.5, 0.6) is 0 Å². The van der Waals surface area contributed by atoms with Crippen LogP contribution in [0.4, 0.5) is 0 Å². The molecule has 1 heteroatoms. The SMILES string of the molecule is CCC(/C=C/C(C)C1CCC2C3CCC4=CC(=O)CCC4(C)C3CCC12C)C(C)C. The highest BCUT2D eigenvalue weighted by molar-refractivity contribution is 5.91. The van der Waals surface area contributed by atoms with Crippen LogP contribution in [0.3, 0.4) is 0 Å². The van der Waals surface area contributed by atoms with E-state index >= 15 is 0 Å². The van der Waals surface area contributed by atoms with Gasteiger partial charge in [0.05, 0.1) is 0 Å². The van der Waals surface area contributed by atoms with E-state index in [-0.39, 0.29) is 0 Å². The van der Waals surface area contributed by atoms with Crippen molar-refractivity contribution in [2.75, 3.05) is 0 Å². The van der Waals surface area contributed by atoms with E-state index in [4.69, 9.17) is 0 Å². The van der Waals surface area contributed by atoms with E-state index in [1.807, 2.05) is 0 Å². The molecule has 0 saturated heterocycles. The van der Waals surface area contributed by atoms with E-state index in [9.17, 15) is 4.79 Å². The summed E-state index contributed by atoms with van der Waals surface area (Å²) in [7, 11) is 0. The summed E-state index contributed by atoms with van der Waals surface area (Å²) < 4.78 is 0. The van der Waals surface area contributed by atoms with Gasteiger partial charge in [-0.15, -0.1) is 0 Å². The Morgan fingerprint density at radius 2 is 1.77 bits per heavy atom. The third-order valence-electron chi connectivity index (χ3n) is 10.7. The van der Waals surface area contributed by atoms with Crippen LogP contribution in [0.1, 0.15) is 99.3 Å². The third-order valence-corrected chi connectivity index (χ3v) is 10.7. The predicted molar refractivity (Wildman–Crippen MR) is 127 cm³/mol. The highest BCUT2D eigenvalue weighted by Gasteiger charge is 2.59. The lowest BCUT2D eigenvalue weighted by Gasteiger charge is -2.58. The van der Waals surface area contributed by atoms with E-state index in [1.54, 1.807) is 0 Å². The van der Waals surface area contributed by atoms with Gasteiger partial charge in [0.2, 0.25) is 0 Å². The van der Waals surface area contributed by atoms with Gasteiger partial charge in [0.15, 0.2) is 5.78 Å². The lowest BCUT2D eigenvalue weighted by molar-refractivity contribution is -0.117. The van der Waals surface area contributed by atoms with Crippen molar-refractivity contribution in [3.63, 3.8) is 0 Å². The summed E-state index contributed by atoms with van der Waals surface area (Å²) in [5.41, 5.74) is 2.34. The van der Waals surface area contributed by atoms with Crippen LogP contribution in [0.25, 0.3) is 0 Å². The minimum atomic E-state index is 0.313. The summed E-state index contributed by atoms with van der Waals surface area (Å²) in [5, 5.41) is 0. The maximum atomic E-state index is 12.1. The van der Waals surface area contributed by atoms with E-state index in [2.05, 4.69) is 59.8 Å². The molecule has 4 rings (SSSR count). The van der Waals surface area contributed by atoms with Gasteiger partial charge in [-0.1, -0.05) is 59.3 Å². The number of rotatable bonds is 5. The Morgan fingerprint density at radius 3 is 2.47 bits per heavy atom. The second-order valence-corrected chi connectivity index (χ2v) is 12.3. The molecule has 0 aromatic carbocycles. The van der Waals surface area contributed by atoms with Crippen molar-refractivity contribution in [1.29, 1.82) is 0 Å². The number of hydrogen-bond donors (Lipinski definition) is 0. The fourth-order valence-electron chi connectivity index (χ4n) is 8.75. The highest BCUT2D eigenvalue weighted by atomic mass is 16.1. The standard InChI is InChI=1S/C29H46O/c1-7-21(19(2)3)9-8-20(4)25-12-13-26-24-11-10-22-18-23(30)14-16-28(22,5)27(24)15-17-29(25,26)6/h8-9,18-21,24-27H,7,10-17H2,1-6H3/b9-8+. The zero-order valence-corrected chi connectivity index (χ0v) is 20.5. The smallest absolute Gasteiger partial charge is 0.155 e. The van der Waals surface area contributed by atoms with Gasteiger partial charge in [0, 0.05) is 6.42 Å². The molecular weight excluding hydrogens is 364 g/mol. The molecule has 0 aromatic heterocycles. The molecule has 168 valence electrons. The van der Waals surface area contributed by atoms with Crippen LogP contribution in [0, 0.1) is 52.3 Å². The molecule has 3 fully saturated rings. The molecule has 3 saturated carbocycles. The van der Waals surface area contributed by atoms with Gasteiger partial charge in [0.1, 0.15) is 0 Å². The zero-order valence-electron chi connectivity index (χ0n) is 20.5. The molecular formula is C29H46O. The maximum Gasteiger partial charge on any atom is 0.155 e. The average molecular weight is 411 g/mol. The van der Waals surface area contributed by atoms with E-state index in [0.717, 1.165) is 48.3 Å². The highest BCUT2D eigenvalue weighted by Crippen LogP contribution is 2.67. The summed E-state index contributed by atoms with van der Waals surface area (Å²) in [4.78, 5) is 12.1. The van der Waals surface area contributed by atoms with E-state index in [0.29, 0.717) is 22.5 Å². The first kappa shape index (κ1) is 22.3. The van der Waals surface area contributed by atoms with Crippen LogP contribution in [0.15, 0.2) is 23.8 Å². The van der Waals surface area contributed by atoms with Crippen LogP contribution >= 0.6 is 0 Å². The number of ketones is 1. The van der Waals surface area contributed by atoms with Crippen molar-refractivity contribution in [2.45, 2.75) is 99.3 Å². The van der Waals surface area contributed by atoms with Crippen molar-refractivity contribution in [1.82, 2.24) is 0 Å². The van der Waals surface area contributed by atoms with Crippen LogP contribution in [-0.4, -0.2) is 5.78 Å². The molecule has 0 radical (unpaired) electrons. The molecule has 1 nitrogen and oxygen atoms in total. The molecule has 8 unspecified atom stereocenters. The maximum absolute atomic E-state index is 12.1. The molecule has 4 aliphatic rings. The summed E-state index contributed by atoms with van der Waals surface area (Å²) in [6.45, 7) is 14.7. The fourth-order valence-corrected chi connectivity index (χ4v) is 8.75. The largest absolute Gasteiger partial charge is 0.295 e. The van der Waals surface area contributed by atoms with Gasteiger partial charge in [-0.25, -0.2) is 0 Å². The molecule has 0 heterocycles. The number of carbonyl (C=O) groups is 1. The fraction of sp³-hybridized carbons (Fsp3) is 0.828. The second-order valence-electron chi connectivity index (χ2n) is 12.3. The number of hydrogen-bond acceptors (Lipinski definition) is 1. The molecule has 0 aliphatic heterocycles. The summed E-state index contributed by atoms with van der Waals surface area (Å²) in [6.07, 6.45) is 18.5. The number of fused-ring (bicyclic) bond motifs is 5. The lowest BCUT2D eigenvalue weighted by atomic mass is 9.46. The van der Waals surface area contributed by atoms with Crippen LogP contribution in [-0.2, 0) is 4.79 Å². The average Bonchev–Trinajstić information content (AvgIpc) is 3.06. The Labute approximate surface area is 186 Å². The Kier molecular flexibility index (Phi) is 6.15. The first-order chi connectivity index (χ1) is 14.2. The Hall–Kier alpha value is -0.850. The minimum absolute atomic E-state index is 0.313. The lowest BCUT2D eigenvalue weighted by Crippen LogP contribution is -2.50. The quantitative estimate of drug-likeness (QED) is 0.419. The molecule has 8 atom stereocenters. The van der Waals surface area contributed by atoms with E-state index < -0.39 is 0 Å². The van der Waals surface area contributed by atoms with Crippen molar-refractivity contribution >= 4 is 5.78 Å². The molecule has 4 aliphatic carbocycles. The Bertz CT molecular complexity index is 714. The van der Waals surface area contributed by atoms with Gasteiger partial charge < -0.3 is 0 Å². The van der Waals surface area contributed by atoms with Gasteiger partial charge >= 0.3 is 0 Å². The van der Waals surface area contributed by atoms with E-state index in [1.165, 1.54) is 50.5 Å². The predicted octanol–water partition coefficient (Wildman–Crippen LogP) is 8.01. The van der Waals surface area contributed by atoms with Crippen molar-refractivity contribution < 1.29 is 4.79 Å². The third kappa shape index (κ3) is 3.57. The van der Waals surface area contributed by atoms with Gasteiger partial charge in [-0.2, -0.15) is 0 Å². The monoisotopic (exact) mass is 410 g/mol. The van der Waals surface area contributed by atoms with Crippen molar-refractivity contribution in [2.24, 2.45) is 52.3 Å². The number of allylic oxidation sites excluding steroid dienone is 3. The molecule has 0 N–H and O–H groups in total. The van der Waals surface area contributed by atoms with Crippen molar-refractivity contribution in [3.8, 4) is 0 Å². The minimum Gasteiger partial charge on any atom is -0.295 e. The number of carbonyl (C=O) groups excluding carboxylic acids is 1. The molecule has 0 amide bonds. The van der Waals surface area contributed by atoms with Crippen LogP contribution < -0.4 is 0 Å². The molecule has 0 aromatic rings. The Balaban J connectivity index is 1.52. The van der Waals surface area contributed by atoms with Gasteiger partial charge in [-0.05, 0) is 110 Å². The normalized spacial score (nSPS) is 43.2. The first-order valence-corrected chi connectivity index (χ1v) is 13.1.